The van der Waals surface area contributed by atoms with Gasteiger partial charge in [-0.1, -0.05) is 29.8 Å². The number of ether oxygens (including phenoxy) is 3. The molecule has 1 N–H and O–H groups in total. The van der Waals surface area contributed by atoms with Crippen molar-refractivity contribution in [2.24, 2.45) is 0 Å². The fourth-order valence-corrected chi connectivity index (χ4v) is 5.16. The van der Waals surface area contributed by atoms with E-state index in [0.717, 1.165) is 4.31 Å². The molecule has 186 valence electrons. The average molecular weight is 519 g/mol. The van der Waals surface area contributed by atoms with Gasteiger partial charge in [-0.25, -0.2) is 8.42 Å². The highest BCUT2D eigenvalue weighted by Crippen LogP contribution is 2.35. The topological polar surface area (TPSA) is 94.2 Å². The fourth-order valence-electron chi connectivity index (χ4n) is 3.55. The second kappa shape index (κ2) is 11.3. The van der Waals surface area contributed by atoms with E-state index in [2.05, 4.69) is 5.32 Å². The Balaban J connectivity index is 1.97. The number of hydrogen-bond acceptors (Lipinski definition) is 6. The zero-order valence-electron chi connectivity index (χ0n) is 19.8. The summed E-state index contributed by atoms with van der Waals surface area (Å²) in [5.74, 6) is 0.871. The molecule has 1 atom stereocenters. The lowest BCUT2D eigenvalue weighted by Crippen LogP contribution is -2.41. The highest BCUT2D eigenvalue weighted by atomic mass is 35.5. The molecular weight excluding hydrogens is 492 g/mol. The van der Waals surface area contributed by atoms with Gasteiger partial charge in [0.15, 0.2) is 0 Å². The first-order valence-corrected chi connectivity index (χ1v) is 12.5. The molecule has 1 amide bonds. The molecular formula is C25H27ClN2O6S. The van der Waals surface area contributed by atoms with Crippen molar-refractivity contribution in [1.29, 1.82) is 0 Å². The summed E-state index contributed by atoms with van der Waals surface area (Å²) in [5.41, 5.74) is 0.823. The third kappa shape index (κ3) is 5.98. The number of hydrogen-bond donors (Lipinski definition) is 1. The molecule has 0 unspecified atom stereocenters. The quantitative estimate of drug-likeness (QED) is 0.426. The van der Waals surface area contributed by atoms with Crippen LogP contribution in [0.3, 0.4) is 0 Å². The van der Waals surface area contributed by atoms with Gasteiger partial charge in [0.05, 0.1) is 38.0 Å². The van der Waals surface area contributed by atoms with E-state index in [9.17, 15) is 13.2 Å². The Morgan fingerprint density at radius 2 is 1.60 bits per heavy atom. The van der Waals surface area contributed by atoms with Crippen LogP contribution < -0.4 is 23.8 Å². The van der Waals surface area contributed by atoms with E-state index in [1.165, 1.54) is 32.4 Å². The van der Waals surface area contributed by atoms with Gasteiger partial charge in [0.25, 0.3) is 10.0 Å². The predicted octanol–water partition coefficient (Wildman–Crippen LogP) is 4.44. The lowest BCUT2D eigenvalue weighted by molar-refractivity contribution is -0.120. The molecule has 3 aromatic rings. The van der Waals surface area contributed by atoms with Crippen LogP contribution in [-0.4, -0.2) is 42.2 Å². The van der Waals surface area contributed by atoms with Crippen LogP contribution in [0.4, 0.5) is 5.69 Å². The largest absolute Gasteiger partial charge is 0.497 e. The zero-order chi connectivity index (χ0) is 25.6. The molecule has 0 saturated carbocycles. The molecule has 35 heavy (non-hydrogen) atoms. The van der Waals surface area contributed by atoms with Gasteiger partial charge in [-0.2, -0.15) is 0 Å². The molecule has 10 heteroatoms. The predicted molar refractivity (Wildman–Crippen MR) is 135 cm³/mol. The molecule has 3 aromatic carbocycles. The van der Waals surface area contributed by atoms with Gasteiger partial charge in [0.2, 0.25) is 5.91 Å². The van der Waals surface area contributed by atoms with Crippen LogP contribution in [-0.2, 0) is 14.8 Å². The molecule has 3 rings (SSSR count). The molecule has 0 spiro atoms. The first kappa shape index (κ1) is 26.2. The summed E-state index contributed by atoms with van der Waals surface area (Å²) in [5, 5.41) is 3.14. The SMILES string of the molecule is COc1ccc(OC)c([C@@H](C)NC(=O)CN(c2cc(Cl)ccc2OC)S(=O)(=O)c2ccccc2)c1. The Kier molecular flexibility index (Phi) is 8.48. The number of anilines is 1. The molecule has 0 saturated heterocycles. The van der Waals surface area contributed by atoms with Crippen LogP contribution in [0.25, 0.3) is 0 Å². The Labute approximate surface area is 210 Å². The minimum absolute atomic E-state index is 0.0253. The standard InChI is InChI=1S/C25H27ClN2O6S/c1-17(21-15-19(32-2)11-13-23(21)33-3)27-25(29)16-28(22-14-18(26)10-12-24(22)34-4)35(30,31)20-8-6-5-7-9-20/h5-15,17H,16H2,1-4H3,(H,27,29)/t17-/m1/s1. The number of sulfonamides is 1. The van der Waals surface area contributed by atoms with Gasteiger partial charge in [-0.15, -0.1) is 0 Å². The highest BCUT2D eigenvalue weighted by Gasteiger charge is 2.30. The van der Waals surface area contributed by atoms with E-state index in [1.807, 2.05) is 0 Å². The number of nitrogens with zero attached hydrogens (tertiary/aromatic N) is 1. The molecule has 0 fully saturated rings. The van der Waals surface area contributed by atoms with Crippen molar-refractivity contribution in [2.45, 2.75) is 17.9 Å². The van der Waals surface area contributed by atoms with Crippen LogP contribution in [0.2, 0.25) is 5.02 Å². The number of nitrogens with one attached hydrogen (secondary N) is 1. The first-order chi connectivity index (χ1) is 16.7. The van der Waals surface area contributed by atoms with Crippen LogP contribution in [0.5, 0.6) is 17.2 Å². The van der Waals surface area contributed by atoms with Crippen LogP contribution in [0, 0.1) is 0 Å². The molecule has 0 heterocycles. The number of methoxy groups -OCH3 is 3. The van der Waals surface area contributed by atoms with Crippen molar-refractivity contribution in [2.75, 3.05) is 32.2 Å². The van der Waals surface area contributed by atoms with Gasteiger partial charge in [0, 0.05) is 10.6 Å². The minimum Gasteiger partial charge on any atom is -0.497 e. The third-order valence-electron chi connectivity index (χ3n) is 5.31. The maximum Gasteiger partial charge on any atom is 0.264 e. The van der Waals surface area contributed by atoms with Crippen molar-refractivity contribution in [3.05, 3.63) is 77.3 Å². The molecule has 0 bridgehead atoms. The van der Waals surface area contributed by atoms with Gasteiger partial charge in [-0.3, -0.25) is 9.10 Å². The fraction of sp³-hybridized carbons (Fsp3) is 0.240. The lowest BCUT2D eigenvalue weighted by Gasteiger charge is -2.27. The first-order valence-electron chi connectivity index (χ1n) is 10.6. The number of carbonyl (C=O) groups is 1. The van der Waals surface area contributed by atoms with Gasteiger partial charge >= 0.3 is 0 Å². The summed E-state index contributed by atoms with van der Waals surface area (Å²) in [4.78, 5) is 13.2. The Morgan fingerprint density at radius 3 is 2.23 bits per heavy atom. The van der Waals surface area contributed by atoms with E-state index in [4.69, 9.17) is 25.8 Å². The van der Waals surface area contributed by atoms with E-state index >= 15 is 0 Å². The maximum atomic E-state index is 13.6. The number of benzene rings is 3. The number of carbonyl (C=O) groups excluding carboxylic acids is 1. The summed E-state index contributed by atoms with van der Waals surface area (Å²) in [7, 11) is 0.349. The Bertz CT molecular complexity index is 1280. The van der Waals surface area contributed by atoms with E-state index in [0.29, 0.717) is 22.1 Å². The highest BCUT2D eigenvalue weighted by molar-refractivity contribution is 7.92. The molecule has 0 aliphatic heterocycles. The van der Waals surface area contributed by atoms with Gasteiger partial charge < -0.3 is 19.5 Å². The van der Waals surface area contributed by atoms with Crippen molar-refractivity contribution >= 4 is 33.2 Å². The monoisotopic (exact) mass is 518 g/mol. The van der Waals surface area contributed by atoms with E-state index < -0.39 is 28.5 Å². The zero-order valence-corrected chi connectivity index (χ0v) is 21.4. The number of amides is 1. The van der Waals surface area contributed by atoms with Crippen LogP contribution in [0.15, 0.2) is 71.6 Å². The van der Waals surface area contributed by atoms with Crippen LogP contribution in [0.1, 0.15) is 18.5 Å². The number of halogens is 1. The molecule has 0 aliphatic carbocycles. The summed E-state index contributed by atoms with van der Waals surface area (Å²) in [6.07, 6.45) is 0. The Morgan fingerprint density at radius 1 is 0.943 bits per heavy atom. The Hall–Kier alpha value is -3.43. The molecule has 0 aromatic heterocycles. The summed E-state index contributed by atoms with van der Waals surface area (Å²) in [6.45, 7) is 1.26. The molecule has 0 aliphatic rings. The third-order valence-corrected chi connectivity index (χ3v) is 7.32. The summed E-state index contributed by atoms with van der Waals surface area (Å²) >= 11 is 6.17. The average Bonchev–Trinajstić information content (AvgIpc) is 2.87. The van der Waals surface area contributed by atoms with Crippen molar-refractivity contribution in [3.63, 3.8) is 0 Å². The lowest BCUT2D eigenvalue weighted by atomic mass is 10.1. The minimum atomic E-state index is -4.13. The second-order valence-corrected chi connectivity index (χ2v) is 9.84. The van der Waals surface area contributed by atoms with Crippen molar-refractivity contribution < 1.29 is 27.4 Å². The van der Waals surface area contributed by atoms with Gasteiger partial charge in [0.1, 0.15) is 23.8 Å². The van der Waals surface area contributed by atoms with Crippen LogP contribution >= 0.6 is 11.6 Å². The maximum absolute atomic E-state index is 13.6. The summed E-state index contributed by atoms with van der Waals surface area (Å²) in [6, 6.07) is 17.1. The van der Waals surface area contributed by atoms with Crippen molar-refractivity contribution in [3.8, 4) is 17.2 Å². The molecule has 8 nitrogen and oxygen atoms in total. The van der Waals surface area contributed by atoms with Gasteiger partial charge in [-0.05, 0) is 55.5 Å². The summed E-state index contributed by atoms with van der Waals surface area (Å²) < 4.78 is 44.2. The normalized spacial score (nSPS) is 11.9. The smallest absolute Gasteiger partial charge is 0.264 e. The molecule has 0 radical (unpaired) electrons. The second-order valence-electron chi connectivity index (χ2n) is 7.54. The number of rotatable bonds is 10. The van der Waals surface area contributed by atoms with E-state index in [1.54, 1.807) is 62.6 Å². The van der Waals surface area contributed by atoms with Crippen molar-refractivity contribution in [1.82, 2.24) is 5.32 Å². The van der Waals surface area contributed by atoms with E-state index in [-0.39, 0.29) is 16.3 Å².